The van der Waals surface area contributed by atoms with E-state index in [1.165, 1.54) is 225 Å². The van der Waals surface area contributed by atoms with Gasteiger partial charge >= 0.3 is 19.8 Å². The normalized spacial score (nSPS) is 13.6. The van der Waals surface area contributed by atoms with Crippen LogP contribution in [0, 0.1) is 0 Å². The molecule has 1 N–H and O–H groups in total. The molecule has 0 bridgehead atoms. The van der Waals surface area contributed by atoms with Gasteiger partial charge in [-0.2, -0.15) is 0 Å². The Bertz CT molecular complexity index is 1610. The fourth-order valence-corrected chi connectivity index (χ4v) is 10.7. The van der Waals surface area contributed by atoms with Crippen molar-refractivity contribution in [3.05, 3.63) is 72.9 Å². The van der Waals surface area contributed by atoms with E-state index in [1.807, 2.05) is 21.1 Å². The number of likely N-dealkylation sites (N-methyl/N-ethyl adjacent to an activating group) is 1. The average molecular weight is 1170 g/mol. The Balaban J connectivity index is 3.94. The van der Waals surface area contributed by atoms with Crippen molar-refractivity contribution < 1.29 is 42.1 Å². The van der Waals surface area contributed by atoms with Crippen LogP contribution in [0.1, 0.15) is 322 Å². The van der Waals surface area contributed by atoms with Crippen LogP contribution in [0.5, 0.6) is 0 Å². The first-order chi connectivity index (χ1) is 40.0. The average Bonchev–Trinajstić information content (AvgIpc) is 3.46. The first kappa shape index (κ1) is 79.5. The molecule has 0 rings (SSSR count). The summed E-state index contributed by atoms with van der Waals surface area (Å²) < 4.78 is 34.7. The first-order valence-electron chi connectivity index (χ1n) is 34.7. The largest absolute Gasteiger partial charge is 0.472 e. The Morgan fingerprint density at radius 3 is 1.05 bits per heavy atom. The number of unbranched alkanes of at least 4 members (excludes halogenated alkanes) is 38. The molecule has 0 aliphatic heterocycles. The number of carbonyl (C=O) groups excluding carboxylic acids is 2. The lowest BCUT2D eigenvalue weighted by atomic mass is 10.0. The van der Waals surface area contributed by atoms with Crippen LogP contribution in [0.3, 0.4) is 0 Å². The van der Waals surface area contributed by atoms with E-state index in [9.17, 15) is 19.0 Å². The summed E-state index contributed by atoms with van der Waals surface area (Å²) in [6.07, 6.45) is 84.4. The number of allylic oxidation sites excluding steroid dienone is 12. The van der Waals surface area contributed by atoms with Crippen molar-refractivity contribution in [2.45, 2.75) is 328 Å². The maximum atomic E-state index is 12.9. The number of nitrogens with zero attached hydrogens (tertiary/aromatic N) is 1. The minimum atomic E-state index is -4.39. The number of hydrogen-bond donors (Lipinski definition) is 1. The fraction of sp³-hybridized carbons (Fsp3) is 0.806. The Labute approximate surface area is 508 Å². The molecule has 0 heterocycles. The molecule has 0 amide bonds. The van der Waals surface area contributed by atoms with Gasteiger partial charge in [0.05, 0.1) is 27.7 Å². The third-order valence-corrected chi connectivity index (χ3v) is 16.2. The van der Waals surface area contributed by atoms with E-state index in [1.54, 1.807) is 0 Å². The molecule has 0 radical (unpaired) electrons. The number of rotatable bonds is 64. The van der Waals surface area contributed by atoms with E-state index < -0.39 is 26.5 Å². The zero-order chi connectivity index (χ0) is 59.8. The molecule has 0 spiro atoms. The molecule has 2 unspecified atom stereocenters. The van der Waals surface area contributed by atoms with E-state index in [4.69, 9.17) is 18.5 Å². The van der Waals surface area contributed by atoms with Crippen molar-refractivity contribution in [2.24, 2.45) is 0 Å². The summed E-state index contributed by atoms with van der Waals surface area (Å²) in [7, 11) is 1.49. The Hall–Kier alpha value is -2.55. The summed E-state index contributed by atoms with van der Waals surface area (Å²) >= 11 is 0. The number of ether oxygens (including phenoxy) is 2. The predicted octanol–water partition coefficient (Wildman–Crippen LogP) is 22.4. The van der Waals surface area contributed by atoms with Gasteiger partial charge in [-0.1, -0.05) is 299 Å². The molecular weight excluding hydrogens is 1040 g/mol. The second-order valence-corrected chi connectivity index (χ2v) is 26.0. The van der Waals surface area contributed by atoms with Crippen LogP contribution in [0.2, 0.25) is 0 Å². The number of carbonyl (C=O) groups is 2. The van der Waals surface area contributed by atoms with Crippen molar-refractivity contribution in [3.63, 3.8) is 0 Å². The highest BCUT2D eigenvalue weighted by atomic mass is 31.2. The number of hydrogen-bond acceptors (Lipinski definition) is 7. The number of phosphoric ester groups is 1. The lowest BCUT2D eigenvalue weighted by Crippen LogP contribution is -2.37. The highest BCUT2D eigenvalue weighted by Crippen LogP contribution is 2.43. The van der Waals surface area contributed by atoms with Gasteiger partial charge in [0, 0.05) is 12.8 Å². The summed E-state index contributed by atoms with van der Waals surface area (Å²) in [5, 5.41) is 0. The topological polar surface area (TPSA) is 108 Å². The molecule has 0 fully saturated rings. The molecular formula is C72H133NO8P+. The summed E-state index contributed by atoms with van der Waals surface area (Å²) in [5.41, 5.74) is 0. The van der Waals surface area contributed by atoms with Crippen LogP contribution < -0.4 is 0 Å². The molecule has 0 aliphatic carbocycles. The molecule has 10 heteroatoms. The van der Waals surface area contributed by atoms with Crippen molar-refractivity contribution in [2.75, 3.05) is 47.5 Å². The van der Waals surface area contributed by atoms with E-state index in [0.717, 1.165) is 64.2 Å². The van der Waals surface area contributed by atoms with Gasteiger partial charge in [-0.05, 0) is 83.5 Å². The lowest BCUT2D eigenvalue weighted by Gasteiger charge is -2.24. The van der Waals surface area contributed by atoms with Gasteiger partial charge in [-0.25, -0.2) is 4.57 Å². The van der Waals surface area contributed by atoms with Gasteiger partial charge in [0.1, 0.15) is 19.8 Å². The van der Waals surface area contributed by atoms with Crippen LogP contribution in [0.25, 0.3) is 0 Å². The second kappa shape index (κ2) is 63.0. The van der Waals surface area contributed by atoms with Crippen LogP contribution in [0.15, 0.2) is 72.9 Å². The third kappa shape index (κ3) is 66.6. The van der Waals surface area contributed by atoms with Gasteiger partial charge < -0.3 is 18.9 Å². The van der Waals surface area contributed by atoms with Crippen LogP contribution >= 0.6 is 7.82 Å². The van der Waals surface area contributed by atoms with Gasteiger partial charge in [-0.3, -0.25) is 18.6 Å². The minimum Gasteiger partial charge on any atom is -0.462 e. The van der Waals surface area contributed by atoms with Crippen molar-refractivity contribution >= 4 is 19.8 Å². The summed E-state index contributed by atoms with van der Waals surface area (Å²) in [6.45, 7) is 4.36. The smallest absolute Gasteiger partial charge is 0.462 e. The highest BCUT2D eigenvalue weighted by Gasteiger charge is 2.27. The molecule has 0 saturated carbocycles. The van der Waals surface area contributed by atoms with Gasteiger partial charge in [0.2, 0.25) is 0 Å². The molecule has 478 valence electrons. The van der Waals surface area contributed by atoms with Crippen molar-refractivity contribution in [1.82, 2.24) is 0 Å². The summed E-state index contributed by atoms with van der Waals surface area (Å²) in [6, 6.07) is 0. The van der Waals surface area contributed by atoms with E-state index >= 15 is 0 Å². The zero-order valence-corrected chi connectivity index (χ0v) is 55.4. The van der Waals surface area contributed by atoms with Gasteiger partial charge in [-0.15, -0.1) is 0 Å². The molecule has 0 saturated heterocycles. The van der Waals surface area contributed by atoms with Crippen molar-refractivity contribution in [1.29, 1.82) is 0 Å². The Morgan fingerprint density at radius 2 is 0.695 bits per heavy atom. The number of phosphoric acid groups is 1. The first-order valence-corrected chi connectivity index (χ1v) is 36.2. The monoisotopic (exact) mass is 1170 g/mol. The van der Waals surface area contributed by atoms with Gasteiger partial charge in [0.15, 0.2) is 6.10 Å². The fourth-order valence-electron chi connectivity index (χ4n) is 9.92. The van der Waals surface area contributed by atoms with Crippen molar-refractivity contribution in [3.8, 4) is 0 Å². The number of esters is 2. The third-order valence-electron chi connectivity index (χ3n) is 15.2. The molecule has 2 atom stereocenters. The van der Waals surface area contributed by atoms with E-state index in [-0.39, 0.29) is 32.0 Å². The maximum Gasteiger partial charge on any atom is 0.472 e. The van der Waals surface area contributed by atoms with Crippen LogP contribution in [0.4, 0.5) is 0 Å². The predicted molar refractivity (Wildman–Crippen MR) is 353 cm³/mol. The zero-order valence-electron chi connectivity index (χ0n) is 54.5. The second-order valence-electron chi connectivity index (χ2n) is 24.5. The van der Waals surface area contributed by atoms with Crippen LogP contribution in [-0.4, -0.2) is 74.9 Å². The lowest BCUT2D eigenvalue weighted by molar-refractivity contribution is -0.870. The van der Waals surface area contributed by atoms with E-state index in [2.05, 4.69) is 86.8 Å². The van der Waals surface area contributed by atoms with Gasteiger partial charge in [0.25, 0.3) is 0 Å². The molecule has 0 aromatic heterocycles. The molecule has 0 aromatic rings. The number of quaternary nitrogens is 1. The summed E-state index contributed by atoms with van der Waals surface area (Å²) in [4.78, 5) is 35.8. The summed E-state index contributed by atoms with van der Waals surface area (Å²) in [5.74, 6) is -0.785. The molecule has 9 nitrogen and oxygen atoms in total. The highest BCUT2D eigenvalue weighted by molar-refractivity contribution is 7.47. The Morgan fingerprint density at radius 1 is 0.390 bits per heavy atom. The standard InChI is InChI=1S/C72H132NO8P/c1-6-8-10-12-14-16-18-20-22-24-26-27-28-29-30-31-32-33-34-35-36-37-38-39-40-41-42-43-44-45-47-49-51-53-55-57-59-61-63-65-72(75)81-70(69-80-82(76,77)79-67-66-73(3,4)5)68-78-71(74)64-62-60-58-56-54-52-50-48-46-25-23-21-19-17-15-13-11-9-7-2/h8,10,14,16,20-23,26-27,29-30,70H,6-7,9,11-13,15,17-19,24-25,28,31-69H2,1-5H3/p+1/b10-8-,16-14-,22-20-,23-21-,27-26-,30-29-. The molecule has 82 heavy (non-hydrogen) atoms. The maximum absolute atomic E-state index is 12.9. The molecule has 0 aliphatic rings. The van der Waals surface area contributed by atoms with Crippen LogP contribution in [-0.2, 0) is 32.7 Å². The van der Waals surface area contributed by atoms with E-state index in [0.29, 0.717) is 17.4 Å². The molecule has 0 aromatic carbocycles. The quantitative estimate of drug-likeness (QED) is 0.0211. The Kier molecular flexibility index (Phi) is 61.0. The minimum absolute atomic E-state index is 0.0323. The SMILES string of the molecule is CC/C=C\C/C=C\C/C=C\C/C=C\C/C=C\CCCCCCCCCCCCCCCCCCCCCCCCCC(=O)OC(COC(=O)CCCCCCCCCCC/C=C\CCCCCCCC)COP(=O)(O)OCC[N+](C)(C)C.